The molecule has 0 aliphatic carbocycles. The molecule has 0 saturated carbocycles. The van der Waals surface area contributed by atoms with Gasteiger partial charge in [-0.15, -0.1) is 0 Å². The Bertz CT molecular complexity index is 738. The van der Waals surface area contributed by atoms with Crippen molar-refractivity contribution in [3.05, 3.63) is 52.3 Å². The Balaban J connectivity index is 1.94. The highest BCUT2D eigenvalue weighted by Crippen LogP contribution is 2.16. The molecule has 1 aromatic carbocycles. The van der Waals surface area contributed by atoms with Gasteiger partial charge in [-0.3, -0.25) is 19.6 Å². The molecule has 2 rings (SSSR count). The molecule has 0 radical (unpaired) electrons. The summed E-state index contributed by atoms with van der Waals surface area (Å²) in [5, 5.41) is 16.9. The maximum atomic E-state index is 12.0. The van der Waals surface area contributed by atoms with Gasteiger partial charge in [-0.25, -0.2) is 4.79 Å². The third kappa shape index (κ3) is 4.13. The lowest BCUT2D eigenvalue weighted by Gasteiger charge is -2.12. The minimum atomic E-state index is -1.03. The number of nitro benzene ring substituents is 1. The van der Waals surface area contributed by atoms with E-state index in [0.29, 0.717) is 5.69 Å². The molecule has 0 bridgehead atoms. The average molecular weight is 318 g/mol. The first-order valence-corrected chi connectivity index (χ1v) is 6.62. The monoisotopic (exact) mass is 318 g/mol. The number of hydrogen-bond acceptors (Lipinski definition) is 6. The fourth-order valence-electron chi connectivity index (χ4n) is 1.72. The van der Waals surface area contributed by atoms with Crippen LogP contribution < -0.4 is 5.32 Å². The molecule has 23 heavy (non-hydrogen) atoms. The van der Waals surface area contributed by atoms with Crippen LogP contribution in [0.25, 0.3) is 0 Å². The normalized spacial score (nSPS) is 11.6. The van der Waals surface area contributed by atoms with Crippen molar-refractivity contribution in [1.29, 1.82) is 0 Å². The van der Waals surface area contributed by atoms with Crippen molar-refractivity contribution in [2.24, 2.45) is 7.05 Å². The molecule has 1 atom stereocenters. The maximum absolute atomic E-state index is 12.0. The standard InChI is InChI=1S/C14H14N4O5/c1-9(23-14(20)10-7-15-17(2)8-10)13(19)16-11-3-5-12(6-4-11)18(21)22/h3-9H,1-2H3,(H,16,19). The second-order valence-electron chi connectivity index (χ2n) is 4.74. The fraction of sp³-hybridized carbons (Fsp3) is 0.214. The van der Waals surface area contributed by atoms with E-state index in [1.165, 1.54) is 48.3 Å². The molecule has 0 spiro atoms. The third-order valence-corrected chi connectivity index (χ3v) is 2.94. The highest BCUT2D eigenvalue weighted by atomic mass is 16.6. The van der Waals surface area contributed by atoms with Gasteiger partial charge in [-0.2, -0.15) is 5.10 Å². The lowest BCUT2D eigenvalue weighted by Crippen LogP contribution is -2.29. The van der Waals surface area contributed by atoms with Crippen LogP contribution in [-0.2, 0) is 16.6 Å². The number of benzene rings is 1. The highest BCUT2D eigenvalue weighted by Gasteiger charge is 2.20. The molecule has 9 nitrogen and oxygen atoms in total. The summed E-state index contributed by atoms with van der Waals surface area (Å²) in [6, 6.07) is 5.32. The largest absolute Gasteiger partial charge is 0.449 e. The van der Waals surface area contributed by atoms with E-state index in [2.05, 4.69) is 10.4 Å². The molecule has 1 N–H and O–H groups in total. The van der Waals surface area contributed by atoms with E-state index in [1.807, 2.05) is 0 Å². The second-order valence-corrected chi connectivity index (χ2v) is 4.74. The fourth-order valence-corrected chi connectivity index (χ4v) is 1.72. The van der Waals surface area contributed by atoms with Gasteiger partial charge in [-0.05, 0) is 19.1 Å². The summed E-state index contributed by atoms with van der Waals surface area (Å²) in [4.78, 5) is 33.8. The molecule has 0 fully saturated rings. The van der Waals surface area contributed by atoms with E-state index in [4.69, 9.17) is 4.74 Å². The van der Waals surface area contributed by atoms with Gasteiger partial charge in [0.1, 0.15) is 0 Å². The zero-order valence-corrected chi connectivity index (χ0v) is 12.4. The van der Waals surface area contributed by atoms with Crippen LogP contribution in [0.5, 0.6) is 0 Å². The molecule has 1 unspecified atom stereocenters. The number of ether oxygens (including phenoxy) is 1. The van der Waals surface area contributed by atoms with Crippen molar-refractivity contribution in [3.63, 3.8) is 0 Å². The van der Waals surface area contributed by atoms with Crippen LogP contribution in [0.3, 0.4) is 0 Å². The first-order chi connectivity index (χ1) is 10.9. The number of non-ortho nitro benzene ring substituents is 1. The first-order valence-electron chi connectivity index (χ1n) is 6.62. The molecule has 0 aliphatic heterocycles. The van der Waals surface area contributed by atoms with Crippen molar-refractivity contribution in [2.45, 2.75) is 13.0 Å². The SMILES string of the molecule is CC(OC(=O)c1cnn(C)c1)C(=O)Nc1ccc([N+](=O)[O-])cc1. The van der Waals surface area contributed by atoms with E-state index in [1.54, 1.807) is 7.05 Å². The summed E-state index contributed by atoms with van der Waals surface area (Å²) in [5.74, 6) is -1.21. The van der Waals surface area contributed by atoms with Gasteiger partial charge in [0.2, 0.25) is 0 Å². The Labute approximate surface area is 131 Å². The zero-order valence-electron chi connectivity index (χ0n) is 12.4. The molecule has 1 aromatic heterocycles. The van der Waals surface area contributed by atoms with Gasteiger partial charge in [0.05, 0.1) is 16.7 Å². The molecule has 120 valence electrons. The minimum Gasteiger partial charge on any atom is -0.449 e. The molecule has 1 heterocycles. The van der Waals surface area contributed by atoms with Crippen molar-refractivity contribution in [2.75, 3.05) is 5.32 Å². The number of esters is 1. The quantitative estimate of drug-likeness (QED) is 0.507. The Morgan fingerprint density at radius 3 is 2.52 bits per heavy atom. The molecule has 9 heteroatoms. The maximum Gasteiger partial charge on any atom is 0.342 e. The summed E-state index contributed by atoms with van der Waals surface area (Å²) in [6.45, 7) is 1.43. The number of aromatic nitrogens is 2. The van der Waals surface area contributed by atoms with E-state index in [0.717, 1.165) is 0 Å². The van der Waals surface area contributed by atoms with Gasteiger partial charge in [0.15, 0.2) is 6.10 Å². The Kier molecular flexibility index (Phi) is 4.69. The van der Waals surface area contributed by atoms with E-state index in [9.17, 15) is 19.7 Å². The van der Waals surface area contributed by atoms with Crippen molar-refractivity contribution in [3.8, 4) is 0 Å². The third-order valence-electron chi connectivity index (χ3n) is 2.94. The summed E-state index contributed by atoms with van der Waals surface area (Å²) in [7, 11) is 1.65. The number of rotatable bonds is 5. The van der Waals surface area contributed by atoms with E-state index >= 15 is 0 Å². The lowest BCUT2D eigenvalue weighted by molar-refractivity contribution is -0.384. The molecule has 1 amide bonds. The number of nitrogens with one attached hydrogen (secondary N) is 1. The summed E-state index contributed by atoms with van der Waals surface area (Å²) in [6.07, 6.45) is 1.78. The van der Waals surface area contributed by atoms with Gasteiger partial charge in [-0.1, -0.05) is 0 Å². The van der Waals surface area contributed by atoms with Gasteiger partial charge < -0.3 is 10.1 Å². The highest BCUT2D eigenvalue weighted by molar-refractivity contribution is 5.97. The number of nitro groups is 1. The van der Waals surface area contributed by atoms with Crippen LogP contribution in [0.2, 0.25) is 0 Å². The van der Waals surface area contributed by atoms with Gasteiger partial charge in [0, 0.05) is 31.1 Å². The van der Waals surface area contributed by atoms with Crippen LogP contribution in [0.15, 0.2) is 36.7 Å². The first kappa shape index (κ1) is 16.1. The van der Waals surface area contributed by atoms with E-state index < -0.39 is 22.9 Å². The van der Waals surface area contributed by atoms with Crippen molar-refractivity contribution < 1.29 is 19.2 Å². The Morgan fingerprint density at radius 1 is 1.35 bits per heavy atom. The molecular formula is C14H14N4O5. The number of amides is 1. The Morgan fingerprint density at radius 2 is 2.00 bits per heavy atom. The number of aryl methyl sites for hydroxylation is 1. The number of anilines is 1. The van der Waals surface area contributed by atoms with Crippen LogP contribution in [0.4, 0.5) is 11.4 Å². The molecular weight excluding hydrogens is 304 g/mol. The Hall–Kier alpha value is -3.23. The summed E-state index contributed by atoms with van der Waals surface area (Å²) in [5.41, 5.74) is 0.520. The molecule has 2 aromatic rings. The smallest absolute Gasteiger partial charge is 0.342 e. The van der Waals surface area contributed by atoms with Gasteiger partial charge >= 0.3 is 5.97 Å². The number of carbonyl (C=O) groups is 2. The zero-order chi connectivity index (χ0) is 17.0. The van der Waals surface area contributed by atoms with Crippen LogP contribution in [-0.4, -0.2) is 32.7 Å². The van der Waals surface area contributed by atoms with Crippen molar-refractivity contribution >= 4 is 23.3 Å². The number of hydrogen-bond donors (Lipinski definition) is 1. The topological polar surface area (TPSA) is 116 Å². The van der Waals surface area contributed by atoms with E-state index in [-0.39, 0.29) is 11.3 Å². The number of nitrogens with zero attached hydrogens (tertiary/aromatic N) is 3. The average Bonchev–Trinajstić information content (AvgIpc) is 2.94. The molecule has 0 saturated heterocycles. The van der Waals surface area contributed by atoms with Gasteiger partial charge in [0.25, 0.3) is 11.6 Å². The lowest BCUT2D eigenvalue weighted by atomic mass is 10.2. The predicted molar refractivity (Wildman–Crippen MR) is 79.8 cm³/mol. The second kappa shape index (κ2) is 6.69. The predicted octanol–water partition coefficient (Wildman–Crippen LogP) is 1.51. The van der Waals surface area contributed by atoms with Crippen LogP contribution in [0.1, 0.15) is 17.3 Å². The summed E-state index contributed by atoms with van der Waals surface area (Å²) >= 11 is 0. The van der Waals surface area contributed by atoms with Crippen molar-refractivity contribution in [1.82, 2.24) is 9.78 Å². The number of carbonyl (C=O) groups excluding carboxylic acids is 2. The minimum absolute atomic E-state index is 0.0842. The molecule has 0 aliphatic rings. The summed E-state index contributed by atoms with van der Waals surface area (Å²) < 4.78 is 6.48. The van der Waals surface area contributed by atoms with Crippen LogP contribution in [0, 0.1) is 10.1 Å². The van der Waals surface area contributed by atoms with Crippen LogP contribution >= 0.6 is 0 Å².